The highest BCUT2D eigenvalue weighted by molar-refractivity contribution is 5.85. The van der Waals surface area contributed by atoms with Crippen molar-refractivity contribution in [1.29, 1.82) is 0 Å². The molecule has 3 nitrogen and oxygen atoms in total. The van der Waals surface area contributed by atoms with Gasteiger partial charge in [-0.05, 0) is 17.5 Å². The normalized spacial score (nSPS) is 22.7. The molecule has 2 unspecified atom stereocenters. The Bertz CT molecular complexity index is 707. The first-order valence-corrected chi connectivity index (χ1v) is 9.67. The van der Waals surface area contributed by atoms with Crippen molar-refractivity contribution in [2.24, 2.45) is 5.92 Å². The lowest BCUT2D eigenvalue weighted by atomic mass is 9.76. The topological polar surface area (TPSA) is 29.5 Å². The summed E-state index contributed by atoms with van der Waals surface area (Å²) in [5.74, 6) is 0.142. The highest BCUT2D eigenvalue weighted by Crippen LogP contribution is 2.41. The first-order chi connectivity index (χ1) is 12.6. The van der Waals surface area contributed by atoms with E-state index in [1.54, 1.807) is 0 Å². The molecule has 0 N–H and O–H groups in total. The van der Waals surface area contributed by atoms with Gasteiger partial charge in [0, 0.05) is 38.4 Å². The van der Waals surface area contributed by atoms with Gasteiger partial charge in [-0.2, -0.15) is 0 Å². The van der Waals surface area contributed by atoms with E-state index in [-0.39, 0.29) is 24.3 Å². The molecule has 0 bridgehead atoms. The fourth-order valence-corrected chi connectivity index (χ4v) is 3.97. The number of ether oxygens (including phenoxy) is 1. The number of benzene rings is 2. The van der Waals surface area contributed by atoms with E-state index in [9.17, 15) is 4.79 Å². The van der Waals surface area contributed by atoms with Crippen LogP contribution < -0.4 is 0 Å². The Morgan fingerprint density at radius 2 is 1.74 bits per heavy atom. The second kappa shape index (κ2) is 9.91. The van der Waals surface area contributed by atoms with E-state index in [4.69, 9.17) is 4.74 Å². The number of carbonyl (C=O) groups excluding carboxylic acids is 1. The summed E-state index contributed by atoms with van der Waals surface area (Å²) < 4.78 is 6.07. The Labute approximate surface area is 169 Å². The van der Waals surface area contributed by atoms with E-state index in [1.807, 2.05) is 25.1 Å². The van der Waals surface area contributed by atoms with Crippen LogP contribution in [0.1, 0.15) is 37.8 Å². The lowest BCUT2D eigenvalue weighted by Crippen LogP contribution is -2.51. The first-order valence-electron chi connectivity index (χ1n) is 9.67. The van der Waals surface area contributed by atoms with Gasteiger partial charge in [0.25, 0.3) is 0 Å². The molecule has 0 radical (unpaired) electrons. The van der Waals surface area contributed by atoms with Crippen LogP contribution in [0.15, 0.2) is 60.7 Å². The highest BCUT2D eigenvalue weighted by Gasteiger charge is 2.45. The Morgan fingerprint density at radius 1 is 1.11 bits per heavy atom. The molecule has 0 spiro atoms. The van der Waals surface area contributed by atoms with Gasteiger partial charge < -0.3 is 9.64 Å². The zero-order chi connectivity index (χ0) is 18.4. The van der Waals surface area contributed by atoms with Crippen molar-refractivity contribution in [3.8, 4) is 0 Å². The van der Waals surface area contributed by atoms with Gasteiger partial charge in [0.05, 0.1) is 0 Å². The van der Waals surface area contributed by atoms with Crippen molar-refractivity contribution in [2.45, 2.75) is 38.7 Å². The van der Waals surface area contributed by atoms with Crippen LogP contribution in [0, 0.1) is 5.92 Å². The van der Waals surface area contributed by atoms with Crippen LogP contribution in [0.3, 0.4) is 0 Å². The average molecular weight is 388 g/mol. The van der Waals surface area contributed by atoms with Crippen molar-refractivity contribution in [3.05, 3.63) is 71.8 Å². The van der Waals surface area contributed by atoms with Gasteiger partial charge in [-0.3, -0.25) is 4.79 Å². The molecule has 1 fully saturated rings. The molecule has 3 rings (SSSR count). The minimum Gasteiger partial charge on any atom is -0.454 e. The maximum Gasteiger partial charge on any atom is 0.306 e. The fraction of sp³-hybridized carbons (Fsp3) is 0.435. The molecule has 0 aliphatic carbocycles. The predicted octanol–water partition coefficient (Wildman–Crippen LogP) is 4.84. The van der Waals surface area contributed by atoms with E-state index >= 15 is 0 Å². The summed E-state index contributed by atoms with van der Waals surface area (Å²) in [6.45, 7) is 7.01. The number of nitrogens with zero attached hydrogens (tertiary/aromatic N) is 1. The van der Waals surface area contributed by atoms with Crippen LogP contribution in [0.2, 0.25) is 0 Å². The molecule has 1 aliphatic rings. The SMILES string of the molecule is CCC(=O)OC1(c2ccccc2)CCN(CCc2ccccc2)CC1C.Cl. The van der Waals surface area contributed by atoms with E-state index < -0.39 is 5.60 Å². The van der Waals surface area contributed by atoms with Crippen LogP contribution >= 0.6 is 12.4 Å². The summed E-state index contributed by atoms with van der Waals surface area (Å²) in [7, 11) is 0. The smallest absolute Gasteiger partial charge is 0.306 e. The zero-order valence-corrected chi connectivity index (χ0v) is 17.1. The monoisotopic (exact) mass is 387 g/mol. The van der Waals surface area contributed by atoms with Crippen LogP contribution in [-0.4, -0.2) is 30.5 Å². The molecular formula is C23H30ClNO2. The third-order valence-electron chi connectivity index (χ3n) is 5.53. The molecule has 27 heavy (non-hydrogen) atoms. The van der Waals surface area contributed by atoms with E-state index in [2.05, 4.69) is 54.3 Å². The Kier molecular flexibility index (Phi) is 7.88. The summed E-state index contributed by atoms with van der Waals surface area (Å²) >= 11 is 0. The Balaban J connectivity index is 0.00000261. The number of hydrogen-bond acceptors (Lipinski definition) is 3. The molecule has 1 heterocycles. The van der Waals surface area contributed by atoms with Gasteiger partial charge >= 0.3 is 5.97 Å². The molecule has 2 aromatic carbocycles. The number of esters is 1. The third kappa shape index (κ3) is 5.12. The minimum absolute atomic E-state index is 0. The van der Waals surface area contributed by atoms with Crippen molar-refractivity contribution < 1.29 is 9.53 Å². The number of hydrogen-bond donors (Lipinski definition) is 0. The lowest BCUT2D eigenvalue weighted by Gasteiger charge is -2.46. The summed E-state index contributed by atoms with van der Waals surface area (Å²) in [6, 6.07) is 20.9. The molecule has 1 aliphatic heterocycles. The average Bonchev–Trinajstić information content (AvgIpc) is 2.69. The summed E-state index contributed by atoms with van der Waals surface area (Å²) in [5.41, 5.74) is 1.99. The van der Waals surface area contributed by atoms with Crippen LogP contribution in [0.5, 0.6) is 0 Å². The molecule has 0 saturated carbocycles. The highest BCUT2D eigenvalue weighted by atomic mass is 35.5. The van der Waals surface area contributed by atoms with Crippen molar-refractivity contribution in [1.82, 2.24) is 4.90 Å². The van der Waals surface area contributed by atoms with Crippen molar-refractivity contribution in [3.63, 3.8) is 0 Å². The lowest BCUT2D eigenvalue weighted by molar-refractivity contribution is -0.175. The quantitative estimate of drug-likeness (QED) is 0.664. The molecule has 146 valence electrons. The summed E-state index contributed by atoms with van der Waals surface area (Å²) in [6.07, 6.45) is 2.32. The van der Waals surface area contributed by atoms with E-state index in [1.165, 1.54) is 5.56 Å². The second-order valence-corrected chi connectivity index (χ2v) is 7.27. The number of halogens is 1. The van der Waals surface area contributed by atoms with Crippen LogP contribution in [0.4, 0.5) is 0 Å². The van der Waals surface area contributed by atoms with Gasteiger partial charge in [0.2, 0.25) is 0 Å². The molecule has 0 amide bonds. The van der Waals surface area contributed by atoms with Gasteiger partial charge in [-0.25, -0.2) is 0 Å². The number of carbonyl (C=O) groups is 1. The van der Waals surface area contributed by atoms with Crippen LogP contribution in [0.25, 0.3) is 0 Å². The number of piperidine rings is 1. The van der Waals surface area contributed by atoms with E-state index in [0.717, 1.165) is 38.0 Å². The Hall–Kier alpha value is -1.84. The van der Waals surface area contributed by atoms with Crippen LogP contribution in [-0.2, 0) is 21.6 Å². The molecule has 1 saturated heterocycles. The minimum atomic E-state index is -0.502. The zero-order valence-electron chi connectivity index (χ0n) is 16.3. The van der Waals surface area contributed by atoms with Gasteiger partial charge in [0.1, 0.15) is 5.60 Å². The maximum absolute atomic E-state index is 12.2. The molecule has 0 aromatic heterocycles. The number of rotatable bonds is 6. The fourth-order valence-electron chi connectivity index (χ4n) is 3.97. The number of likely N-dealkylation sites (tertiary alicyclic amines) is 1. The van der Waals surface area contributed by atoms with E-state index in [0.29, 0.717) is 6.42 Å². The first kappa shape index (κ1) is 21.5. The molecule has 2 aromatic rings. The standard InChI is InChI=1S/C23H29NO2.ClH/c1-3-22(25)26-23(21-12-8-5-9-13-21)15-17-24(18-19(23)2)16-14-20-10-6-4-7-11-20;/h4-13,19H,3,14-18H2,1-2H3;1H. The largest absolute Gasteiger partial charge is 0.454 e. The molecule has 2 atom stereocenters. The summed E-state index contributed by atoms with van der Waals surface area (Å²) in [5, 5.41) is 0. The maximum atomic E-state index is 12.2. The van der Waals surface area contributed by atoms with Gasteiger partial charge in [-0.1, -0.05) is 74.5 Å². The Morgan fingerprint density at radius 3 is 2.33 bits per heavy atom. The molecule has 4 heteroatoms. The summed E-state index contributed by atoms with van der Waals surface area (Å²) in [4.78, 5) is 14.7. The third-order valence-corrected chi connectivity index (χ3v) is 5.53. The van der Waals surface area contributed by atoms with Crippen molar-refractivity contribution in [2.75, 3.05) is 19.6 Å². The predicted molar refractivity (Wildman–Crippen MR) is 112 cm³/mol. The van der Waals surface area contributed by atoms with Gasteiger partial charge in [0.15, 0.2) is 0 Å². The van der Waals surface area contributed by atoms with Crippen molar-refractivity contribution >= 4 is 18.4 Å². The van der Waals surface area contributed by atoms with Gasteiger partial charge in [-0.15, -0.1) is 12.4 Å². The molecular weight excluding hydrogens is 358 g/mol. The second-order valence-electron chi connectivity index (χ2n) is 7.27.